The van der Waals surface area contributed by atoms with Crippen LogP contribution in [0.15, 0.2) is 24.3 Å². The zero-order chi connectivity index (χ0) is 12.6. The van der Waals surface area contributed by atoms with Crippen molar-refractivity contribution in [2.45, 2.75) is 33.2 Å². The number of benzene rings is 1. The minimum Gasteiger partial charge on any atom is -0.477 e. The molecule has 2 rings (SSSR count). The van der Waals surface area contributed by atoms with Crippen LogP contribution in [0.25, 0.3) is 10.9 Å². The number of aromatic carboxylic acids is 1. The highest BCUT2D eigenvalue weighted by Gasteiger charge is 2.16. The maximum Gasteiger partial charge on any atom is 0.352 e. The SMILES string of the molecule is CCc1ccc2c(c1)cc(C(=O)O)n2C(C)C. The Bertz CT molecular complexity index is 567. The van der Waals surface area contributed by atoms with Gasteiger partial charge in [-0.1, -0.05) is 13.0 Å². The molecule has 0 aliphatic heterocycles. The van der Waals surface area contributed by atoms with E-state index in [9.17, 15) is 9.90 Å². The van der Waals surface area contributed by atoms with Gasteiger partial charge in [0.05, 0.1) is 0 Å². The van der Waals surface area contributed by atoms with Crippen LogP contribution in [-0.4, -0.2) is 15.6 Å². The van der Waals surface area contributed by atoms with Gasteiger partial charge in [0, 0.05) is 16.9 Å². The standard InChI is InChI=1S/C14H17NO2/c1-4-10-5-6-12-11(7-10)8-13(14(16)17)15(12)9(2)3/h5-9H,4H2,1-3H3,(H,16,17). The van der Waals surface area contributed by atoms with Crippen molar-refractivity contribution in [3.05, 3.63) is 35.5 Å². The second-order valence-corrected chi connectivity index (χ2v) is 4.55. The minimum atomic E-state index is -0.868. The number of carboxylic acids is 1. The molecule has 0 atom stereocenters. The van der Waals surface area contributed by atoms with Gasteiger partial charge in [0.25, 0.3) is 0 Å². The normalized spacial score (nSPS) is 11.3. The summed E-state index contributed by atoms with van der Waals surface area (Å²) < 4.78 is 1.87. The van der Waals surface area contributed by atoms with E-state index in [1.807, 2.05) is 24.5 Å². The summed E-state index contributed by atoms with van der Waals surface area (Å²) in [4.78, 5) is 11.2. The van der Waals surface area contributed by atoms with Crippen molar-refractivity contribution >= 4 is 16.9 Å². The Kier molecular flexibility index (Phi) is 2.92. The van der Waals surface area contributed by atoms with E-state index in [0.717, 1.165) is 17.3 Å². The third-order valence-corrected chi connectivity index (χ3v) is 3.05. The zero-order valence-electron chi connectivity index (χ0n) is 10.4. The monoisotopic (exact) mass is 231 g/mol. The number of aryl methyl sites for hydroxylation is 1. The van der Waals surface area contributed by atoms with Gasteiger partial charge in [-0.25, -0.2) is 4.79 Å². The van der Waals surface area contributed by atoms with Crippen molar-refractivity contribution in [3.8, 4) is 0 Å². The topological polar surface area (TPSA) is 42.2 Å². The number of rotatable bonds is 3. The molecule has 0 saturated carbocycles. The number of nitrogens with zero attached hydrogens (tertiary/aromatic N) is 1. The molecule has 1 aromatic heterocycles. The molecule has 2 aromatic rings. The Labute approximate surface area is 101 Å². The highest BCUT2D eigenvalue weighted by atomic mass is 16.4. The third-order valence-electron chi connectivity index (χ3n) is 3.05. The van der Waals surface area contributed by atoms with Gasteiger partial charge in [0.2, 0.25) is 0 Å². The summed E-state index contributed by atoms with van der Waals surface area (Å²) in [5, 5.41) is 10.2. The van der Waals surface area contributed by atoms with Crippen LogP contribution in [0.4, 0.5) is 0 Å². The Morgan fingerprint density at radius 3 is 2.59 bits per heavy atom. The molecule has 90 valence electrons. The second kappa shape index (κ2) is 4.24. The number of hydrogen-bond acceptors (Lipinski definition) is 1. The third kappa shape index (κ3) is 1.93. The van der Waals surface area contributed by atoms with E-state index in [1.54, 1.807) is 6.07 Å². The zero-order valence-corrected chi connectivity index (χ0v) is 10.4. The van der Waals surface area contributed by atoms with Gasteiger partial charge in [-0.3, -0.25) is 0 Å². The molecule has 0 spiro atoms. The van der Waals surface area contributed by atoms with Gasteiger partial charge < -0.3 is 9.67 Å². The van der Waals surface area contributed by atoms with Gasteiger partial charge in [-0.05, 0) is 44.0 Å². The second-order valence-electron chi connectivity index (χ2n) is 4.55. The van der Waals surface area contributed by atoms with Crippen molar-refractivity contribution in [2.24, 2.45) is 0 Å². The van der Waals surface area contributed by atoms with Crippen LogP contribution in [0.2, 0.25) is 0 Å². The molecule has 3 nitrogen and oxygen atoms in total. The summed E-state index contributed by atoms with van der Waals surface area (Å²) in [5.41, 5.74) is 2.59. The molecule has 1 heterocycles. The van der Waals surface area contributed by atoms with Crippen molar-refractivity contribution < 1.29 is 9.90 Å². The van der Waals surface area contributed by atoms with E-state index in [-0.39, 0.29) is 6.04 Å². The fourth-order valence-corrected chi connectivity index (χ4v) is 2.23. The molecule has 0 saturated heterocycles. The van der Waals surface area contributed by atoms with Gasteiger partial charge >= 0.3 is 5.97 Å². The lowest BCUT2D eigenvalue weighted by Gasteiger charge is -2.12. The number of hydrogen-bond donors (Lipinski definition) is 1. The lowest BCUT2D eigenvalue weighted by Crippen LogP contribution is -2.10. The summed E-state index contributed by atoms with van der Waals surface area (Å²) >= 11 is 0. The Morgan fingerprint density at radius 2 is 2.06 bits per heavy atom. The molecule has 0 fully saturated rings. The fourth-order valence-electron chi connectivity index (χ4n) is 2.23. The summed E-state index contributed by atoms with van der Waals surface area (Å²) in [5.74, 6) is -0.868. The predicted octanol–water partition coefficient (Wildman–Crippen LogP) is 3.48. The first kappa shape index (κ1) is 11.7. The summed E-state index contributed by atoms with van der Waals surface area (Å²) in [6, 6.07) is 8.05. The number of carbonyl (C=O) groups is 1. The smallest absolute Gasteiger partial charge is 0.352 e. The first-order chi connectivity index (χ1) is 8.04. The first-order valence-electron chi connectivity index (χ1n) is 5.91. The van der Waals surface area contributed by atoms with E-state index >= 15 is 0 Å². The van der Waals surface area contributed by atoms with E-state index in [2.05, 4.69) is 19.1 Å². The van der Waals surface area contributed by atoms with Gasteiger partial charge in [0.1, 0.15) is 5.69 Å². The molecule has 0 bridgehead atoms. The lowest BCUT2D eigenvalue weighted by atomic mass is 10.1. The van der Waals surface area contributed by atoms with Crippen LogP contribution in [0.1, 0.15) is 42.9 Å². The highest BCUT2D eigenvalue weighted by molar-refractivity contribution is 5.95. The maximum absolute atomic E-state index is 11.2. The van der Waals surface area contributed by atoms with Crippen LogP contribution in [0.5, 0.6) is 0 Å². The van der Waals surface area contributed by atoms with E-state index < -0.39 is 5.97 Å². The number of aromatic nitrogens is 1. The van der Waals surface area contributed by atoms with Crippen molar-refractivity contribution in [1.82, 2.24) is 4.57 Å². The summed E-state index contributed by atoms with van der Waals surface area (Å²) in [7, 11) is 0. The molecule has 0 unspecified atom stereocenters. The van der Waals surface area contributed by atoms with Crippen LogP contribution in [-0.2, 0) is 6.42 Å². The lowest BCUT2D eigenvalue weighted by molar-refractivity contribution is 0.0684. The molecular formula is C14H17NO2. The molecule has 0 aliphatic rings. The molecule has 3 heteroatoms. The fraction of sp³-hybridized carbons (Fsp3) is 0.357. The predicted molar refractivity (Wildman–Crippen MR) is 68.7 cm³/mol. The van der Waals surface area contributed by atoms with Crippen LogP contribution in [0.3, 0.4) is 0 Å². The molecule has 0 amide bonds. The van der Waals surface area contributed by atoms with Gasteiger partial charge in [-0.2, -0.15) is 0 Å². The van der Waals surface area contributed by atoms with E-state index in [4.69, 9.17) is 0 Å². The van der Waals surface area contributed by atoms with Crippen LogP contribution < -0.4 is 0 Å². The van der Waals surface area contributed by atoms with Gasteiger partial charge in [0.15, 0.2) is 0 Å². The quantitative estimate of drug-likeness (QED) is 0.878. The number of fused-ring (bicyclic) bond motifs is 1. The van der Waals surface area contributed by atoms with Crippen LogP contribution in [0, 0.1) is 0 Å². The molecule has 0 radical (unpaired) electrons. The average Bonchev–Trinajstić information content (AvgIpc) is 2.66. The van der Waals surface area contributed by atoms with E-state index in [1.165, 1.54) is 5.56 Å². The minimum absolute atomic E-state index is 0.145. The first-order valence-corrected chi connectivity index (χ1v) is 5.91. The van der Waals surface area contributed by atoms with Crippen LogP contribution >= 0.6 is 0 Å². The van der Waals surface area contributed by atoms with E-state index in [0.29, 0.717) is 5.69 Å². The molecule has 1 aromatic carbocycles. The molecular weight excluding hydrogens is 214 g/mol. The Hall–Kier alpha value is -1.77. The maximum atomic E-state index is 11.2. The summed E-state index contributed by atoms with van der Waals surface area (Å²) in [6.45, 7) is 6.10. The van der Waals surface area contributed by atoms with Crippen molar-refractivity contribution in [1.29, 1.82) is 0 Å². The highest BCUT2D eigenvalue weighted by Crippen LogP contribution is 2.25. The molecule has 17 heavy (non-hydrogen) atoms. The Morgan fingerprint density at radius 1 is 1.35 bits per heavy atom. The average molecular weight is 231 g/mol. The number of carboxylic acid groups (broad SMARTS) is 1. The Balaban J connectivity index is 2.74. The molecule has 0 aliphatic carbocycles. The van der Waals surface area contributed by atoms with Crippen molar-refractivity contribution in [2.75, 3.05) is 0 Å². The largest absolute Gasteiger partial charge is 0.477 e. The molecule has 1 N–H and O–H groups in total. The van der Waals surface area contributed by atoms with Crippen molar-refractivity contribution in [3.63, 3.8) is 0 Å². The van der Waals surface area contributed by atoms with Gasteiger partial charge in [-0.15, -0.1) is 0 Å². The summed E-state index contributed by atoms with van der Waals surface area (Å²) in [6.07, 6.45) is 0.963.